The molecule has 0 spiro atoms. The molecule has 0 saturated carbocycles. The lowest BCUT2D eigenvalue weighted by molar-refractivity contribution is 0.222. The highest BCUT2D eigenvalue weighted by atomic mass is 32.2. The molecule has 0 aromatic heterocycles. The lowest BCUT2D eigenvalue weighted by Gasteiger charge is -2.32. The van der Waals surface area contributed by atoms with E-state index >= 15 is 0 Å². The first-order chi connectivity index (χ1) is 9.86. The maximum atomic E-state index is 12.7. The van der Waals surface area contributed by atoms with Gasteiger partial charge in [0.15, 0.2) is 0 Å². The molecule has 0 atom stereocenters. The molecule has 0 aliphatic carbocycles. The van der Waals surface area contributed by atoms with Crippen LogP contribution in [0.1, 0.15) is 12.5 Å². The SMILES string of the molecule is CCc1cc(B(O)O)ccc1S(=O)(=O)N1CCN(C)CC1. The van der Waals surface area contributed by atoms with E-state index in [2.05, 4.69) is 4.90 Å². The Morgan fingerprint density at radius 3 is 2.33 bits per heavy atom. The van der Waals surface area contributed by atoms with Crippen LogP contribution < -0.4 is 5.46 Å². The van der Waals surface area contributed by atoms with Crippen LogP contribution in [-0.4, -0.2) is 68.0 Å². The second-order valence-corrected chi connectivity index (χ2v) is 7.21. The molecule has 1 fully saturated rings. The van der Waals surface area contributed by atoms with Crippen molar-refractivity contribution in [1.29, 1.82) is 0 Å². The molecule has 21 heavy (non-hydrogen) atoms. The van der Waals surface area contributed by atoms with Crippen molar-refractivity contribution in [2.24, 2.45) is 0 Å². The largest absolute Gasteiger partial charge is 0.488 e. The number of likely N-dealkylation sites (N-methyl/N-ethyl adjacent to an activating group) is 1. The highest BCUT2D eigenvalue weighted by Gasteiger charge is 2.29. The number of nitrogens with zero attached hydrogens (tertiary/aromatic N) is 2. The van der Waals surface area contributed by atoms with Gasteiger partial charge in [0.05, 0.1) is 4.90 Å². The topological polar surface area (TPSA) is 81.1 Å². The van der Waals surface area contributed by atoms with Crippen LogP contribution in [0.5, 0.6) is 0 Å². The minimum atomic E-state index is -3.53. The molecular formula is C13H21BN2O4S. The van der Waals surface area contributed by atoms with Gasteiger partial charge < -0.3 is 14.9 Å². The Labute approximate surface area is 126 Å². The van der Waals surface area contributed by atoms with Gasteiger partial charge in [0, 0.05) is 26.2 Å². The summed E-state index contributed by atoms with van der Waals surface area (Å²) in [6.07, 6.45) is 0.517. The van der Waals surface area contributed by atoms with Gasteiger partial charge in [-0.25, -0.2) is 8.42 Å². The van der Waals surface area contributed by atoms with E-state index in [0.717, 1.165) is 0 Å². The zero-order valence-electron chi connectivity index (χ0n) is 12.4. The number of piperazine rings is 1. The molecule has 116 valence electrons. The highest BCUT2D eigenvalue weighted by molar-refractivity contribution is 7.89. The van der Waals surface area contributed by atoms with E-state index in [-0.39, 0.29) is 4.90 Å². The molecule has 1 aromatic rings. The Kier molecular flexibility index (Phi) is 5.05. The Balaban J connectivity index is 2.35. The summed E-state index contributed by atoms with van der Waals surface area (Å²) in [6.45, 7) is 4.24. The average molecular weight is 312 g/mol. The van der Waals surface area contributed by atoms with Crippen LogP contribution in [0.25, 0.3) is 0 Å². The third-order valence-electron chi connectivity index (χ3n) is 3.84. The highest BCUT2D eigenvalue weighted by Crippen LogP contribution is 2.21. The minimum absolute atomic E-state index is 0.263. The molecule has 8 heteroatoms. The van der Waals surface area contributed by atoms with Gasteiger partial charge in [-0.2, -0.15) is 4.31 Å². The van der Waals surface area contributed by atoms with Crippen LogP contribution >= 0.6 is 0 Å². The molecule has 1 aliphatic heterocycles. The van der Waals surface area contributed by atoms with E-state index in [9.17, 15) is 18.5 Å². The summed E-state index contributed by atoms with van der Waals surface area (Å²) in [5, 5.41) is 18.4. The quantitative estimate of drug-likeness (QED) is 0.687. The van der Waals surface area contributed by atoms with Crippen molar-refractivity contribution in [2.45, 2.75) is 18.2 Å². The fourth-order valence-corrected chi connectivity index (χ4v) is 4.15. The van der Waals surface area contributed by atoms with E-state index in [1.165, 1.54) is 16.4 Å². The zero-order valence-corrected chi connectivity index (χ0v) is 13.2. The summed E-state index contributed by atoms with van der Waals surface area (Å²) in [7, 11) is -3.14. The van der Waals surface area contributed by atoms with Crippen LogP contribution in [-0.2, 0) is 16.4 Å². The Morgan fingerprint density at radius 2 is 1.81 bits per heavy atom. The summed E-state index contributed by atoms with van der Waals surface area (Å²) in [6, 6.07) is 4.47. The maximum absolute atomic E-state index is 12.7. The van der Waals surface area contributed by atoms with E-state index in [4.69, 9.17) is 0 Å². The number of benzene rings is 1. The number of hydrogen-bond donors (Lipinski definition) is 2. The first-order valence-electron chi connectivity index (χ1n) is 7.04. The molecule has 2 N–H and O–H groups in total. The van der Waals surface area contributed by atoms with Crippen molar-refractivity contribution < 1.29 is 18.5 Å². The van der Waals surface area contributed by atoms with Crippen LogP contribution in [0.15, 0.2) is 23.1 Å². The van der Waals surface area contributed by atoms with Crippen LogP contribution in [0.3, 0.4) is 0 Å². The molecule has 0 amide bonds. The molecular weight excluding hydrogens is 291 g/mol. The monoisotopic (exact) mass is 312 g/mol. The molecule has 1 heterocycles. The predicted molar refractivity (Wildman–Crippen MR) is 81.9 cm³/mol. The van der Waals surface area contributed by atoms with Crippen molar-refractivity contribution in [3.05, 3.63) is 23.8 Å². The maximum Gasteiger partial charge on any atom is 0.488 e. The number of hydrogen-bond acceptors (Lipinski definition) is 5. The molecule has 0 radical (unpaired) electrons. The smallest absolute Gasteiger partial charge is 0.423 e. The summed E-state index contributed by atoms with van der Waals surface area (Å²) in [5.41, 5.74) is 0.920. The normalized spacial score (nSPS) is 17.9. The van der Waals surface area contributed by atoms with Gasteiger partial charge in [0.25, 0.3) is 0 Å². The Hall–Kier alpha value is -0.925. The van der Waals surface area contributed by atoms with Gasteiger partial charge in [0.2, 0.25) is 10.0 Å². The van der Waals surface area contributed by atoms with Crippen LogP contribution in [0.4, 0.5) is 0 Å². The second-order valence-electron chi connectivity index (χ2n) is 5.30. The van der Waals surface area contributed by atoms with E-state index in [1.807, 2.05) is 14.0 Å². The summed E-state index contributed by atoms with van der Waals surface area (Å²) < 4.78 is 27.0. The molecule has 1 aromatic carbocycles. The third-order valence-corrected chi connectivity index (χ3v) is 5.84. The van der Waals surface area contributed by atoms with Crippen molar-refractivity contribution in [1.82, 2.24) is 9.21 Å². The van der Waals surface area contributed by atoms with Crippen LogP contribution in [0.2, 0.25) is 0 Å². The van der Waals surface area contributed by atoms with Crippen molar-refractivity contribution in [3.63, 3.8) is 0 Å². The van der Waals surface area contributed by atoms with E-state index < -0.39 is 17.1 Å². The third kappa shape index (κ3) is 3.46. The van der Waals surface area contributed by atoms with Crippen molar-refractivity contribution in [3.8, 4) is 0 Å². The number of sulfonamides is 1. The Morgan fingerprint density at radius 1 is 1.19 bits per heavy atom. The number of aryl methyl sites for hydroxylation is 1. The van der Waals surface area contributed by atoms with Crippen LogP contribution in [0, 0.1) is 0 Å². The lowest BCUT2D eigenvalue weighted by atomic mass is 9.79. The summed E-state index contributed by atoms with van der Waals surface area (Å²) in [5.74, 6) is 0. The fraction of sp³-hybridized carbons (Fsp3) is 0.538. The molecule has 0 bridgehead atoms. The zero-order chi connectivity index (χ0) is 15.6. The first-order valence-corrected chi connectivity index (χ1v) is 8.48. The van der Waals surface area contributed by atoms with Gasteiger partial charge >= 0.3 is 7.12 Å². The summed E-state index contributed by atoms with van der Waals surface area (Å²) >= 11 is 0. The second kappa shape index (κ2) is 6.45. The molecule has 1 aliphatic rings. The Bertz CT molecular complexity index is 598. The fourth-order valence-electron chi connectivity index (χ4n) is 2.46. The number of rotatable bonds is 4. The molecule has 1 saturated heterocycles. The van der Waals surface area contributed by atoms with E-state index in [0.29, 0.717) is 43.6 Å². The van der Waals surface area contributed by atoms with Gasteiger partial charge in [-0.15, -0.1) is 0 Å². The minimum Gasteiger partial charge on any atom is -0.423 e. The van der Waals surface area contributed by atoms with Gasteiger partial charge in [-0.3, -0.25) is 0 Å². The van der Waals surface area contributed by atoms with Crippen molar-refractivity contribution >= 4 is 22.6 Å². The average Bonchev–Trinajstić information content (AvgIpc) is 2.46. The lowest BCUT2D eigenvalue weighted by Crippen LogP contribution is -2.47. The van der Waals surface area contributed by atoms with Crippen molar-refractivity contribution in [2.75, 3.05) is 33.2 Å². The molecule has 6 nitrogen and oxygen atoms in total. The summed E-state index contributed by atoms with van der Waals surface area (Å²) in [4.78, 5) is 2.36. The first kappa shape index (κ1) is 16.4. The van der Waals surface area contributed by atoms with Gasteiger partial charge in [-0.05, 0) is 30.6 Å². The molecule has 2 rings (SSSR count). The van der Waals surface area contributed by atoms with Gasteiger partial charge in [-0.1, -0.05) is 19.1 Å². The predicted octanol–water partition coefficient (Wildman–Crippen LogP) is -1.14. The van der Waals surface area contributed by atoms with E-state index in [1.54, 1.807) is 6.07 Å². The van der Waals surface area contributed by atoms with Gasteiger partial charge in [0.1, 0.15) is 0 Å². The standard InChI is InChI=1S/C13H21BN2O4S/c1-3-11-10-12(14(17)18)4-5-13(11)21(19,20)16-8-6-15(2)7-9-16/h4-5,10,17-18H,3,6-9H2,1-2H3. The molecule has 0 unspecified atom stereocenters.